The molecule has 1 fully saturated rings. The van der Waals surface area contributed by atoms with Crippen molar-refractivity contribution in [2.75, 3.05) is 19.6 Å². The maximum atomic E-state index is 4.33. The molecular formula is C12H21N3S. The van der Waals surface area contributed by atoms with Crippen molar-refractivity contribution in [1.82, 2.24) is 15.2 Å². The van der Waals surface area contributed by atoms with Gasteiger partial charge in [-0.25, -0.2) is 4.98 Å². The fraction of sp³-hybridized carbons (Fsp3) is 0.750. The van der Waals surface area contributed by atoms with Crippen LogP contribution in [0.25, 0.3) is 0 Å². The maximum absolute atomic E-state index is 4.33. The van der Waals surface area contributed by atoms with Crippen molar-refractivity contribution in [2.24, 2.45) is 0 Å². The van der Waals surface area contributed by atoms with Crippen LogP contribution >= 0.6 is 11.3 Å². The molecule has 1 saturated heterocycles. The molecule has 1 aromatic heterocycles. The number of hydrogen-bond donors (Lipinski definition) is 1. The van der Waals surface area contributed by atoms with Crippen molar-refractivity contribution in [3.8, 4) is 0 Å². The summed E-state index contributed by atoms with van der Waals surface area (Å²) >= 11 is 1.83. The smallest absolute Gasteiger partial charge is 0.0897 e. The van der Waals surface area contributed by atoms with E-state index in [0.717, 1.165) is 19.1 Å². The van der Waals surface area contributed by atoms with Crippen molar-refractivity contribution in [1.29, 1.82) is 0 Å². The van der Waals surface area contributed by atoms with E-state index in [1.165, 1.54) is 35.8 Å². The summed E-state index contributed by atoms with van der Waals surface area (Å²) in [7, 11) is 0. The van der Waals surface area contributed by atoms with E-state index in [0.29, 0.717) is 0 Å². The van der Waals surface area contributed by atoms with Crippen LogP contribution in [-0.4, -0.2) is 35.6 Å². The highest BCUT2D eigenvalue weighted by Crippen LogP contribution is 2.18. The Morgan fingerprint density at radius 1 is 1.50 bits per heavy atom. The van der Waals surface area contributed by atoms with Gasteiger partial charge in [0.25, 0.3) is 0 Å². The van der Waals surface area contributed by atoms with E-state index in [4.69, 9.17) is 0 Å². The first-order valence-corrected chi connectivity index (χ1v) is 6.97. The third-order valence-corrected chi connectivity index (χ3v) is 4.16. The summed E-state index contributed by atoms with van der Waals surface area (Å²) in [5.74, 6) is 0. The molecule has 0 radical (unpaired) electrons. The quantitative estimate of drug-likeness (QED) is 0.871. The lowest BCUT2D eigenvalue weighted by Gasteiger charge is -2.33. The Kier molecular flexibility index (Phi) is 4.32. The molecule has 0 saturated carbocycles. The molecule has 4 heteroatoms. The largest absolute Gasteiger partial charge is 0.317 e. The number of nitrogens with one attached hydrogen (secondary N) is 1. The number of nitrogens with zero attached hydrogens (tertiary/aromatic N) is 2. The van der Waals surface area contributed by atoms with Gasteiger partial charge in [-0.05, 0) is 39.4 Å². The first-order valence-electron chi connectivity index (χ1n) is 6.15. The van der Waals surface area contributed by atoms with Gasteiger partial charge in [0.1, 0.15) is 0 Å². The number of aromatic nitrogens is 1. The van der Waals surface area contributed by atoms with Gasteiger partial charge in [-0.2, -0.15) is 0 Å². The molecule has 0 atom stereocenters. The van der Waals surface area contributed by atoms with Crippen LogP contribution in [0, 0.1) is 6.92 Å². The molecule has 2 heterocycles. The van der Waals surface area contributed by atoms with Crippen LogP contribution in [0.2, 0.25) is 0 Å². The molecule has 3 nitrogen and oxygen atoms in total. The van der Waals surface area contributed by atoms with Crippen molar-refractivity contribution >= 4 is 11.3 Å². The molecule has 1 aromatic rings. The molecule has 1 aliphatic heterocycles. The number of piperidine rings is 1. The highest BCUT2D eigenvalue weighted by molar-refractivity contribution is 7.11. The van der Waals surface area contributed by atoms with Gasteiger partial charge < -0.3 is 5.32 Å². The minimum absolute atomic E-state index is 0.758. The van der Waals surface area contributed by atoms with Gasteiger partial charge in [-0.15, -0.1) is 11.3 Å². The average Bonchev–Trinajstić information content (AvgIpc) is 2.73. The molecule has 1 aliphatic rings. The summed E-state index contributed by atoms with van der Waals surface area (Å²) in [5, 5.41) is 4.60. The first-order chi connectivity index (χ1) is 7.79. The molecular weight excluding hydrogens is 218 g/mol. The van der Waals surface area contributed by atoms with E-state index in [1.54, 1.807) is 0 Å². The lowest BCUT2D eigenvalue weighted by molar-refractivity contribution is 0.163. The van der Waals surface area contributed by atoms with Crippen molar-refractivity contribution in [2.45, 2.75) is 39.3 Å². The summed E-state index contributed by atoms with van der Waals surface area (Å²) < 4.78 is 0. The average molecular weight is 239 g/mol. The van der Waals surface area contributed by atoms with Crippen LogP contribution in [0.5, 0.6) is 0 Å². The number of rotatable bonds is 4. The summed E-state index contributed by atoms with van der Waals surface area (Å²) in [5.41, 5.74) is 0. The molecule has 16 heavy (non-hydrogen) atoms. The Labute approximate surface area is 102 Å². The number of aryl methyl sites for hydroxylation is 1. The lowest BCUT2D eigenvalue weighted by atomic mass is 10.0. The zero-order valence-corrected chi connectivity index (χ0v) is 11.0. The highest BCUT2D eigenvalue weighted by atomic mass is 32.1. The molecule has 1 N–H and O–H groups in total. The van der Waals surface area contributed by atoms with Gasteiger partial charge in [0.15, 0.2) is 0 Å². The highest BCUT2D eigenvalue weighted by Gasteiger charge is 2.20. The Bertz CT molecular complexity index is 318. The predicted octanol–water partition coefficient (Wildman–Crippen LogP) is 2.03. The van der Waals surface area contributed by atoms with Crippen LogP contribution in [0.1, 0.15) is 29.7 Å². The fourth-order valence-corrected chi connectivity index (χ4v) is 3.17. The van der Waals surface area contributed by atoms with Gasteiger partial charge >= 0.3 is 0 Å². The summed E-state index contributed by atoms with van der Waals surface area (Å²) in [6.45, 7) is 8.89. The molecule has 0 unspecified atom stereocenters. The van der Waals surface area contributed by atoms with Crippen LogP contribution < -0.4 is 5.32 Å². The Morgan fingerprint density at radius 2 is 2.25 bits per heavy atom. The maximum Gasteiger partial charge on any atom is 0.0897 e. The number of hydrogen-bond acceptors (Lipinski definition) is 4. The minimum atomic E-state index is 0.758. The zero-order chi connectivity index (χ0) is 11.4. The van der Waals surface area contributed by atoms with Gasteiger partial charge in [0, 0.05) is 23.7 Å². The van der Waals surface area contributed by atoms with Crippen LogP contribution in [-0.2, 0) is 6.54 Å². The normalized spacial score (nSPS) is 18.2. The van der Waals surface area contributed by atoms with E-state index in [-0.39, 0.29) is 0 Å². The van der Waals surface area contributed by atoms with E-state index >= 15 is 0 Å². The second-order valence-corrected chi connectivity index (χ2v) is 5.71. The van der Waals surface area contributed by atoms with E-state index in [9.17, 15) is 0 Å². The van der Waals surface area contributed by atoms with Crippen LogP contribution in [0.4, 0.5) is 0 Å². The Morgan fingerprint density at radius 3 is 2.81 bits per heavy atom. The topological polar surface area (TPSA) is 28.2 Å². The molecule has 0 aromatic carbocycles. The monoisotopic (exact) mass is 239 g/mol. The number of thiazole rings is 1. The minimum Gasteiger partial charge on any atom is -0.317 e. The standard InChI is InChI=1S/C12H21N3S/c1-3-15(11-4-6-13-7-5-11)9-12-8-14-10(2)16-12/h8,11,13H,3-7,9H2,1-2H3. The summed E-state index contributed by atoms with van der Waals surface area (Å²) in [6.07, 6.45) is 4.60. The molecule has 2 rings (SSSR count). The zero-order valence-electron chi connectivity index (χ0n) is 10.2. The first kappa shape index (κ1) is 12.0. The van der Waals surface area contributed by atoms with Crippen molar-refractivity contribution < 1.29 is 0 Å². The predicted molar refractivity (Wildman–Crippen MR) is 68.8 cm³/mol. The lowest BCUT2D eigenvalue weighted by Crippen LogP contribution is -2.42. The Hall–Kier alpha value is -0.450. The van der Waals surface area contributed by atoms with Crippen molar-refractivity contribution in [3.63, 3.8) is 0 Å². The van der Waals surface area contributed by atoms with Crippen LogP contribution in [0.3, 0.4) is 0 Å². The van der Waals surface area contributed by atoms with E-state index in [2.05, 4.69) is 29.0 Å². The fourth-order valence-electron chi connectivity index (χ4n) is 2.35. The van der Waals surface area contributed by atoms with E-state index in [1.807, 2.05) is 17.5 Å². The Balaban J connectivity index is 1.94. The van der Waals surface area contributed by atoms with Crippen LogP contribution in [0.15, 0.2) is 6.20 Å². The third-order valence-electron chi connectivity index (χ3n) is 3.26. The SMILES string of the molecule is CCN(Cc1cnc(C)s1)C1CCNCC1. The molecule has 0 aliphatic carbocycles. The molecule has 0 spiro atoms. The van der Waals surface area contributed by atoms with E-state index < -0.39 is 0 Å². The third kappa shape index (κ3) is 3.03. The van der Waals surface area contributed by atoms with Gasteiger partial charge in [0.2, 0.25) is 0 Å². The van der Waals surface area contributed by atoms with Gasteiger partial charge in [-0.1, -0.05) is 6.92 Å². The second kappa shape index (κ2) is 5.75. The van der Waals surface area contributed by atoms with Gasteiger partial charge in [-0.3, -0.25) is 4.90 Å². The second-order valence-electron chi connectivity index (χ2n) is 4.39. The molecule has 0 amide bonds. The summed E-state index contributed by atoms with van der Waals surface area (Å²) in [4.78, 5) is 8.32. The molecule has 0 bridgehead atoms. The molecule has 90 valence electrons. The van der Waals surface area contributed by atoms with Crippen molar-refractivity contribution in [3.05, 3.63) is 16.1 Å². The van der Waals surface area contributed by atoms with Gasteiger partial charge in [0.05, 0.1) is 5.01 Å². The summed E-state index contributed by atoms with van der Waals surface area (Å²) in [6, 6.07) is 0.758.